The van der Waals surface area contributed by atoms with Gasteiger partial charge in [0.15, 0.2) is 0 Å². The Morgan fingerprint density at radius 2 is 1.72 bits per heavy atom. The number of benzene rings is 2. The predicted octanol–water partition coefficient (Wildman–Crippen LogP) is 4.31. The molecule has 0 unspecified atom stereocenters. The lowest BCUT2D eigenvalue weighted by Crippen LogP contribution is -2.30. The molecule has 1 N–H and O–H groups in total. The van der Waals surface area contributed by atoms with Gasteiger partial charge in [0, 0.05) is 22.6 Å². The van der Waals surface area contributed by atoms with E-state index in [0.717, 1.165) is 42.4 Å². The van der Waals surface area contributed by atoms with Crippen molar-refractivity contribution in [1.82, 2.24) is 9.88 Å². The fourth-order valence-corrected chi connectivity index (χ4v) is 4.01. The molecule has 1 aliphatic heterocycles. The third-order valence-corrected chi connectivity index (χ3v) is 5.39. The molecular weight excluding hydrogens is 308 g/mol. The summed E-state index contributed by atoms with van der Waals surface area (Å²) >= 11 is 0. The summed E-state index contributed by atoms with van der Waals surface area (Å²) in [6.07, 6.45) is 2.17. The number of aromatic amines is 1. The van der Waals surface area contributed by atoms with Crippen molar-refractivity contribution in [2.45, 2.75) is 25.7 Å². The fourth-order valence-electron chi connectivity index (χ4n) is 4.01. The largest absolute Gasteiger partial charge is 0.325 e. The van der Waals surface area contributed by atoms with Crippen molar-refractivity contribution in [2.75, 3.05) is 20.1 Å². The molecule has 0 saturated carbocycles. The summed E-state index contributed by atoms with van der Waals surface area (Å²) in [6.45, 7) is 4.27. The van der Waals surface area contributed by atoms with E-state index in [1.165, 1.54) is 16.7 Å². The van der Waals surface area contributed by atoms with Crippen LogP contribution in [0, 0.1) is 6.92 Å². The lowest BCUT2D eigenvalue weighted by molar-refractivity contribution is 0.253. The Morgan fingerprint density at radius 3 is 2.44 bits per heavy atom. The number of fused-ring (bicyclic) bond motifs is 1. The van der Waals surface area contributed by atoms with Gasteiger partial charge in [0.2, 0.25) is 0 Å². The molecule has 0 bridgehead atoms. The number of piperidine rings is 1. The maximum absolute atomic E-state index is 12.7. The van der Waals surface area contributed by atoms with E-state index in [4.69, 9.17) is 0 Å². The Morgan fingerprint density at radius 1 is 1.00 bits per heavy atom. The first-order valence-electron chi connectivity index (χ1n) is 9.04. The van der Waals surface area contributed by atoms with E-state index in [-0.39, 0.29) is 5.56 Å². The third kappa shape index (κ3) is 3.00. The lowest BCUT2D eigenvalue weighted by Gasteiger charge is -2.30. The van der Waals surface area contributed by atoms with Crippen molar-refractivity contribution in [3.63, 3.8) is 0 Å². The second kappa shape index (κ2) is 6.49. The lowest BCUT2D eigenvalue weighted by atomic mass is 9.86. The first-order chi connectivity index (χ1) is 12.1. The molecular formula is C22H24N2O. The number of aromatic nitrogens is 1. The SMILES string of the molecule is Cc1cccc(-c2c(C3CCN(C)CC3)[nH]c(=O)c3ccccc23)c1. The number of likely N-dealkylation sites (tertiary alicyclic amines) is 1. The van der Waals surface area contributed by atoms with Gasteiger partial charge < -0.3 is 9.88 Å². The van der Waals surface area contributed by atoms with Gasteiger partial charge in [-0.05, 0) is 56.9 Å². The summed E-state index contributed by atoms with van der Waals surface area (Å²) in [5.74, 6) is 0.406. The second-order valence-electron chi connectivity index (χ2n) is 7.24. The van der Waals surface area contributed by atoms with Crippen LogP contribution in [-0.2, 0) is 0 Å². The third-order valence-electron chi connectivity index (χ3n) is 5.39. The number of pyridine rings is 1. The highest BCUT2D eigenvalue weighted by molar-refractivity contribution is 5.97. The van der Waals surface area contributed by atoms with Crippen LogP contribution in [0.15, 0.2) is 53.3 Å². The van der Waals surface area contributed by atoms with Gasteiger partial charge in [0.25, 0.3) is 5.56 Å². The number of rotatable bonds is 2. The van der Waals surface area contributed by atoms with Crippen molar-refractivity contribution < 1.29 is 0 Å². The molecule has 0 atom stereocenters. The van der Waals surface area contributed by atoms with E-state index in [1.54, 1.807) is 0 Å². The van der Waals surface area contributed by atoms with Crippen molar-refractivity contribution in [3.8, 4) is 11.1 Å². The van der Waals surface area contributed by atoms with Crippen LogP contribution in [0.3, 0.4) is 0 Å². The van der Waals surface area contributed by atoms with Crippen LogP contribution < -0.4 is 5.56 Å². The number of aryl methyl sites for hydroxylation is 1. The topological polar surface area (TPSA) is 36.1 Å². The molecule has 3 aromatic rings. The smallest absolute Gasteiger partial charge is 0.256 e. The van der Waals surface area contributed by atoms with Gasteiger partial charge in [-0.15, -0.1) is 0 Å². The zero-order valence-corrected chi connectivity index (χ0v) is 14.9. The molecule has 1 aliphatic rings. The summed E-state index contributed by atoms with van der Waals surface area (Å²) in [6, 6.07) is 16.6. The van der Waals surface area contributed by atoms with Gasteiger partial charge in [0.05, 0.1) is 0 Å². The van der Waals surface area contributed by atoms with Crippen LogP contribution in [-0.4, -0.2) is 30.0 Å². The van der Waals surface area contributed by atoms with Gasteiger partial charge in [-0.2, -0.15) is 0 Å². The second-order valence-corrected chi connectivity index (χ2v) is 7.24. The first-order valence-corrected chi connectivity index (χ1v) is 9.04. The highest BCUT2D eigenvalue weighted by atomic mass is 16.1. The zero-order valence-electron chi connectivity index (χ0n) is 14.9. The average Bonchev–Trinajstić information content (AvgIpc) is 2.62. The minimum Gasteiger partial charge on any atom is -0.325 e. The monoisotopic (exact) mass is 332 g/mol. The van der Waals surface area contributed by atoms with Crippen LogP contribution in [0.25, 0.3) is 21.9 Å². The molecule has 128 valence electrons. The van der Waals surface area contributed by atoms with Crippen molar-refractivity contribution >= 4 is 10.8 Å². The molecule has 2 aromatic carbocycles. The Labute approximate surface area is 148 Å². The number of H-pyrrole nitrogens is 1. The highest BCUT2D eigenvalue weighted by Crippen LogP contribution is 2.37. The molecule has 0 radical (unpaired) electrons. The summed E-state index contributed by atoms with van der Waals surface area (Å²) in [5.41, 5.74) is 4.78. The minimum atomic E-state index is 0.0286. The van der Waals surface area contributed by atoms with Crippen LogP contribution in [0.4, 0.5) is 0 Å². The Balaban J connectivity index is 1.98. The van der Waals surface area contributed by atoms with E-state index < -0.39 is 0 Å². The summed E-state index contributed by atoms with van der Waals surface area (Å²) in [4.78, 5) is 18.3. The Hall–Kier alpha value is -2.39. The van der Waals surface area contributed by atoms with Crippen LogP contribution in [0.2, 0.25) is 0 Å². The van der Waals surface area contributed by atoms with Crippen molar-refractivity contribution in [3.05, 3.63) is 70.1 Å². The van der Waals surface area contributed by atoms with Crippen molar-refractivity contribution in [1.29, 1.82) is 0 Å². The van der Waals surface area contributed by atoms with Gasteiger partial charge in [0.1, 0.15) is 0 Å². The molecule has 0 spiro atoms. The highest BCUT2D eigenvalue weighted by Gasteiger charge is 2.24. The van der Waals surface area contributed by atoms with E-state index in [1.807, 2.05) is 18.2 Å². The molecule has 0 aliphatic carbocycles. The molecule has 1 aromatic heterocycles. The fraction of sp³-hybridized carbons (Fsp3) is 0.318. The standard InChI is InChI=1S/C22H24N2O/c1-15-6-5-7-17(14-15)20-18-8-3-4-9-19(18)22(25)23-21(20)16-10-12-24(2)13-11-16/h3-9,14,16H,10-13H2,1-2H3,(H,23,25). The van der Waals surface area contributed by atoms with E-state index in [9.17, 15) is 4.79 Å². The molecule has 25 heavy (non-hydrogen) atoms. The molecule has 0 amide bonds. The Kier molecular flexibility index (Phi) is 4.18. The van der Waals surface area contributed by atoms with Gasteiger partial charge in [-0.25, -0.2) is 0 Å². The number of nitrogens with one attached hydrogen (secondary N) is 1. The molecule has 2 heterocycles. The first kappa shape index (κ1) is 16.1. The minimum absolute atomic E-state index is 0.0286. The normalized spacial score (nSPS) is 16.4. The number of hydrogen-bond acceptors (Lipinski definition) is 2. The molecule has 1 saturated heterocycles. The average molecular weight is 332 g/mol. The molecule has 1 fully saturated rings. The maximum Gasteiger partial charge on any atom is 0.256 e. The van der Waals surface area contributed by atoms with Gasteiger partial charge in [-0.1, -0.05) is 48.0 Å². The van der Waals surface area contributed by atoms with Crippen LogP contribution in [0.1, 0.15) is 30.0 Å². The van der Waals surface area contributed by atoms with E-state index >= 15 is 0 Å². The molecule has 3 heteroatoms. The van der Waals surface area contributed by atoms with Crippen LogP contribution >= 0.6 is 0 Å². The number of hydrogen-bond donors (Lipinski definition) is 1. The van der Waals surface area contributed by atoms with Crippen LogP contribution in [0.5, 0.6) is 0 Å². The summed E-state index contributed by atoms with van der Waals surface area (Å²) in [5, 5.41) is 1.83. The number of nitrogens with zero attached hydrogens (tertiary/aromatic N) is 1. The molecule has 4 rings (SSSR count). The molecule has 3 nitrogen and oxygen atoms in total. The van der Waals surface area contributed by atoms with Gasteiger partial charge >= 0.3 is 0 Å². The van der Waals surface area contributed by atoms with E-state index in [2.05, 4.69) is 54.2 Å². The maximum atomic E-state index is 12.7. The Bertz CT molecular complexity index is 965. The summed E-state index contributed by atoms with van der Waals surface area (Å²) in [7, 11) is 2.17. The zero-order chi connectivity index (χ0) is 17.4. The van der Waals surface area contributed by atoms with Gasteiger partial charge in [-0.3, -0.25) is 4.79 Å². The van der Waals surface area contributed by atoms with Crippen molar-refractivity contribution in [2.24, 2.45) is 0 Å². The predicted molar refractivity (Wildman–Crippen MR) is 104 cm³/mol. The summed E-state index contributed by atoms with van der Waals surface area (Å²) < 4.78 is 0. The quantitative estimate of drug-likeness (QED) is 0.759. The van der Waals surface area contributed by atoms with E-state index in [0.29, 0.717) is 5.92 Å².